The van der Waals surface area contributed by atoms with E-state index in [1.165, 1.54) is 17.7 Å². The van der Waals surface area contributed by atoms with Crippen LogP contribution in [0, 0.1) is 0 Å². The van der Waals surface area contributed by atoms with Gasteiger partial charge in [-0.2, -0.15) is 11.8 Å². The second kappa shape index (κ2) is 9.19. The predicted octanol–water partition coefficient (Wildman–Crippen LogP) is 3.98. The molecular weight excluding hydrogens is 410 g/mol. The summed E-state index contributed by atoms with van der Waals surface area (Å²) in [6.45, 7) is 2.13. The minimum Gasteiger partial charge on any atom is -0.457 e. The van der Waals surface area contributed by atoms with Gasteiger partial charge in [-0.25, -0.2) is 13.9 Å². The molecule has 6 nitrogen and oxygen atoms in total. The van der Waals surface area contributed by atoms with Gasteiger partial charge in [0.15, 0.2) is 14.6 Å². The van der Waals surface area contributed by atoms with Crippen molar-refractivity contribution in [2.75, 3.05) is 11.5 Å². The molecule has 0 spiro atoms. The van der Waals surface area contributed by atoms with Crippen molar-refractivity contribution in [3.05, 3.63) is 54.1 Å². The van der Waals surface area contributed by atoms with Crippen LogP contribution in [-0.2, 0) is 21.1 Å². The van der Waals surface area contributed by atoms with Crippen LogP contribution in [0.4, 0.5) is 0 Å². The van der Waals surface area contributed by atoms with E-state index in [9.17, 15) is 13.2 Å². The number of hydroxylamine groups is 1. The molecule has 1 heterocycles. The van der Waals surface area contributed by atoms with E-state index in [-0.39, 0.29) is 17.7 Å². The van der Waals surface area contributed by atoms with Crippen molar-refractivity contribution in [2.45, 2.75) is 42.2 Å². The van der Waals surface area contributed by atoms with Crippen molar-refractivity contribution in [3.8, 4) is 11.5 Å². The number of sulfone groups is 1. The summed E-state index contributed by atoms with van der Waals surface area (Å²) in [4.78, 5) is 12.4. The molecule has 0 radical (unpaired) electrons. The molecule has 1 amide bonds. The van der Waals surface area contributed by atoms with E-state index in [0.29, 0.717) is 23.0 Å². The number of nitrogens with one attached hydrogen (secondary N) is 1. The van der Waals surface area contributed by atoms with Crippen LogP contribution in [0.1, 0.15) is 31.7 Å². The molecular formula is C21H25NO5S2. The van der Waals surface area contributed by atoms with Crippen LogP contribution in [0.5, 0.6) is 11.5 Å². The number of ether oxygens (including phenoxy) is 1. The topological polar surface area (TPSA) is 92.7 Å². The highest BCUT2D eigenvalue weighted by molar-refractivity contribution is 7.99. The van der Waals surface area contributed by atoms with E-state index in [2.05, 4.69) is 6.92 Å². The fraction of sp³-hybridized carbons (Fsp3) is 0.381. The van der Waals surface area contributed by atoms with Gasteiger partial charge in [0.2, 0.25) is 0 Å². The lowest BCUT2D eigenvalue weighted by Crippen LogP contribution is -2.53. The van der Waals surface area contributed by atoms with Gasteiger partial charge < -0.3 is 4.74 Å². The lowest BCUT2D eigenvalue weighted by atomic mass is 10.0. The van der Waals surface area contributed by atoms with Crippen molar-refractivity contribution in [1.82, 2.24) is 5.48 Å². The van der Waals surface area contributed by atoms with Gasteiger partial charge in [-0.05, 0) is 72.7 Å². The summed E-state index contributed by atoms with van der Waals surface area (Å²) in [5.41, 5.74) is 2.79. The summed E-state index contributed by atoms with van der Waals surface area (Å²) in [5, 5.41) is 9.13. The van der Waals surface area contributed by atoms with Gasteiger partial charge >= 0.3 is 0 Å². The van der Waals surface area contributed by atoms with Crippen molar-refractivity contribution < 1.29 is 23.2 Å². The molecule has 29 heavy (non-hydrogen) atoms. The quantitative estimate of drug-likeness (QED) is 0.505. The van der Waals surface area contributed by atoms with Crippen LogP contribution >= 0.6 is 11.8 Å². The van der Waals surface area contributed by atoms with E-state index in [1.807, 2.05) is 24.3 Å². The molecule has 2 aromatic carbocycles. The molecule has 156 valence electrons. The fourth-order valence-electron chi connectivity index (χ4n) is 3.48. The SMILES string of the molecule is CCCc1ccc(Oc2ccc(S(=O)(=O)C3(C(=O)NO)CCSCC3)cc2)cc1. The fourth-order valence-corrected chi connectivity index (χ4v) is 6.91. The Morgan fingerprint density at radius 3 is 2.14 bits per heavy atom. The molecule has 3 rings (SSSR count). The monoisotopic (exact) mass is 435 g/mol. The summed E-state index contributed by atoms with van der Waals surface area (Å²) in [5.74, 6) is 1.39. The number of carbonyl (C=O) groups excluding carboxylic acids is 1. The molecule has 8 heteroatoms. The summed E-state index contributed by atoms with van der Waals surface area (Å²) in [6.07, 6.45) is 2.41. The van der Waals surface area contributed by atoms with Gasteiger partial charge in [-0.15, -0.1) is 0 Å². The molecule has 2 aromatic rings. The average Bonchev–Trinajstić information content (AvgIpc) is 2.75. The molecule has 1 saturated heterocycles. The minimum atomic E-state index is -3.98. The Balaban J connectivity index is 1.81. The van der Waals surface area contributed by atoms with E-state index < -0.39 is 20.5 Å². The summed E-state index contributed by atoms with van der Waals surface area (Å²) >= 11 is 1.60. The summed E-state index contributed by atoms with van der Waals surface area (Å²) in [6, 6.07) is 13.8. The standard InChI is InChI=1S/C21H25NO5S2/c1-2-3-16-4-6-17(7-5-16)27-18-8-10-19(11-9-18)29(25,26)21(20(23)22-24)12-14-28-15-13-21/h4-11,24H,2-3,12-15H2,1H3,(H,22,23). The van der Waals surface area contributed by atoms with E-state index in [1.54, 1.807) is 29.4 Å². The number of benzene rings is 2. The highest BCUT2D eigenvalue weighted by atomic mass is 32.2. The molecule has 2 N–H and O–H groups in total. The Morgan fingerprint density at radius 2 is 1.62 bits per heavy atom. The molecule has 1 fully saturated rings. The first-order valence-electron chi connectivity index (χ1n) is 9.57. The van der Waals surface area contributed by atoms with E-state index >= 15 is 0 Å². The van der Waals surface area contributed by atoms with Crippen molar-refractivity contribution >= 4 is 27.5 Å². The molecule has 0 aromatic heterocycles. The third-order valence-electron chi connectivity index (χ3n) is 5.16. The van der Waals surface area contributed by atoms with Gasteiger partial charge in [-0.1, -0.05) is 25.5 Å². The maximum atomic E-state index is 13.3. The predicted molar refractivity (Wildman–Crippen MR) is 113 cm³/mol. The molecule has 1 aliphatic heterocycles. The highest BCUT2D eigenvalue weighted by Gasteiger charge is 2.51. The van der Waals surface area contributed by atoms with Crippen LogP contribution in [0.25, 0.3) is 0 Å². The molecule has 0 aliphatic carbocycles. The number of carbonyl (C=O) groups is 1. The van der Waals surface area contributed by atoms with Gasteiger partial charge in [-0.3, -0.25) is 10.0 Å². The first-order valence-corrected chi connectivity index (χ1v) is 12.2. The van der Waals surface area contributed by atoms with Crippen LogP contribution in [0.15, 0.2) is 53.4 Å². The number of hydrogen-bond acceptors (Lipinski definition) is 6. The lowest BCUT2D eigenvalue weighted by molar-refractivity contribution is -0.132. The van der Waals surface area contributed by atoms with Crippen molar-refractivity contribution in [2.24, 2.45) is 0 Å². The number of rotatable bonds is 7. The lowest BCUT2D eigenvalue weighted by Gasteiger charge is -2.34. The molecule has 0 bridgehead atoms. The van der Waals surface area contributed by atoms with Crippen LogP contribution in [0.2, 0.25) is 0 Å². The van der Waals surface area contributed by atoms with Gasteiger partial charge in [0.25, 0.3) is 5.91 Å². The third kappa shape index (κ3) is 4.44. The van der Waals surface area contributed by atoms with Crippen LogP contribution < -0.4 is 10.2 Å². The third-order valence-corrected chi connectivity index (χ3v) is 8.66. The zero-order valence-corrected chi connectivity index (χ0v) is 17.9. The highest BCUT2D eigenvalue weighted by Crippen LogP contribution is 2.38. The Labute approximate surface area is 175 Å². The van der Waals surface area contributed by atoms with Gasteiger partial charge in [0.05, 0.1) is 4.90 Å². The second-order valence-electron chi connectivity index (χ2n) is 7.02. The first-order chi connectivity index (χ1) is 13.9. The maximum Gasteiger partial charge on any atom is 0.265 e. The Bertz CT molecular complexity index is 934. The second-order valence-corrected chi connectivity index (χ2v) is 10.5. The Hall–Kier alpha value is -2.03. The molecule has 1 aliphatic rings. The smallest absolute Gasteiger partial charge is 0.265 e. The van der Waals surface area contributed by atoms with Crippen molar-refractivity contribution in [3.63, 3.8) is 0 Å². The molecule has 0 unspecified atom stereocenters. The van der Waals surface area contributed by atoms with Crippen LogP contribution in [-0.4, -0.2) is 35.8 Å². The summed E-state index contributed by atoms with van der Waals surface area (Å²) < 4.78 is 30.7. The van der Waals surface area contributed by atoms with Crippen molar-refractivity contribution in [1.29, 1.82) is 0 Å². The largest absolute Gasteiger partial charge is 0.457 e. The number of thioether (sulfide) groups is 1. The Morgan fingerprint density at radius 1 is 1.07 bits per heavy atom. The zero-order valence-electron chi connectivity index (χ0n) is 16.3. The average molecular weight is 436 g/mol. The first kappa shape index (κ1) is 21.7. The molecule has 0 atom stereocenters. The normalized spacial score (nSPS) is 16.2. The van der Waals surface area contributed by atoms with Gasteiger partial charge in [0.1, 0.15) is 11.5 Å². The molecule has 0 saturated carbocycles. The maximum absolute atomic E-state index is 13.3. The zero-order chi connectivity index (χ0) is 20.9. The van der Waals surface area contributed by atoms with E-state index in [0.717, 1.165) is 12.8 Å². The number of hydrogen-bond donors (Lipinski definition) is 2. The van der Waals surface area contributed by atoms with E-state index in [4.69, 9.17) is 9.94 Å². The minimum absolute atomic E-state index is 0.0404. The van der Waals surface area contributed by atoms with Crippen LogP contribution in [0.3, 0.4) is 0 Å². The number of aryl methyl sites for hydroxylation is 1. The number of amides is 1. The van der Waals surface area contributed by atoms with Gasteiger partial charge in [0, 0.05) is 0 Å². The Kier molecular flexibility index (Phi) is 6.87. The summed E-state index contributed by atoms with van der Waals surface area (Å²) in [7, 11) is -3.98.